The monoisotopic (exact) mass is 247 g/mol. The van der Waals surface area contributed by atoms with Gasteiger partial charge >= 0.3 is 0 Å². The molecule has 0 aliphatic heterocycles. The first-order valence-electron chi connectivity index (χ1n) is 6.59. The minimum Gasteiger partial charge on any atom is -0.379 e. The summed E-state index contributed by atoms with van der Waals surface area (Å²) >= 11 is 0. The van der Waals surface area contributed by atoms with Gasteiger partial charge in [-0.15, -0.1) is 0 Å². The molecule has 17 heavy (non-hydrogen) atoms. The molecule has 0 heterocycles. The van der Waals surface area contributed by atoms with Gasteiger partial charge in [-0.25, -0.2) is 0 Å². The van der Waals surface area contributed by atoms with Crippen molar-refractivity contribution < 1.29 is 15.7 Å². The number of carbonyl (C=O) groups is 1. The van der Waals surface area contributed by atoms with Gasteiger partial charge in [0.05, 0.1) is 19.8 Å². The van der Waals surface area contributed by atoms with Gasteiger partial charge in [0.25, 0.3) is 0 Å². The molecular weight excluding hydrogens is 218 g/mol. The Hall–Kier alpha value is -0.610. The van der Waals surface area contributed by atoms with Crippen LogP contribution in [0, 0.1) is 5.92 Å². The fourth-order valence-corrected chi connectivity index (χ4v) is 1.23. The van der Waals surface area contributed by atoms with Crippen molar-refractivity contribution >= 4 is 5.91 Å². The van der Waals surface area contributed by atoms with Crippen molar-refractivity contribution in [2.45, 2.75) is 40.0 Å². The number of amides is 1. The van der Waals surface area contributed by atoms with E-state index in [0.717, 1.165) is 19.4 Å². The molecule has 0 rings (SSSR count). The second-order valence-electron chi connectivity index (χ2n) is 4.53. The summed E-state index contributed by atoms with van der Waals surface area (Å²) < 4.78 is 10.7. The summed E-state index contributed by atoms with van der Waals surface area (Å²) in [5.41, 5.74) is 0. The van der Waals surface area contributed by atoms with Crippen LogP contribution in [-0.2, 0) is 14.3 Å². The first-order chi connectivity index (χ1) is 8.16. The highest BCUT2D eigenvalue weighted by atomic mass is 16.5. The van der Waals surface area contributed by atoms with E-state index in [2.05, 4.69) is 26.1 Å². The minimum absolute atomic E-state index is 0. The molecule has 0 aliphatic carbocycles. The summed E-state index contributed by atoms with van der Waals surface area (Å²) in [6.45, 7) is 9.46. The Bertz CT molecular complexity index is 189. The highest BCUT2D eigenvalue weighted by molar-refractivity contribution is 5.75. The molecule has 0 saturated heterocycles. The topological polar surface area (TPSA) is 47.6 Å². The zero-order chi connectivity index (χ0) is 12.9. The van der Waals surface area contributed by atoms with Crippen molar-refractivity contribution in [3.8, 4) is 0 Å². The molecule has 4 nitrogen and oxygen atoms in total. The largest absolute Gasteiger partial charge is 0.379 e. The smallest absolute Gasteiger partial charge is 0.220 e. The lowest BCUT2D eigenvalue weighted by atomic mass is 10.2. The van der Waals surface area contributed by atoms with E-state index in [1.807, 2.05) is 0 Å². The second kappa shape index (κ2) is 11.9. The quantitative estimate of drug-likeness (QED) is 0.570. The summed E-state index contributed by atoms with van der Waals surface area (Å²) in [6.07, 6.45) is 2.63. The summed E-state index contributed by atoms with van der Waals surface area (Å²) in [6, 6.07) is 0. The van der Waals surface area contributed by atoms with Crippen molar-refractivity contribution in [2.24, 2.45) is 5.92 Å². The van der Waals surface area contributed by atoms with E-state index in [1.54, 1.807) is 0 Å². The Morgan fingerprint density at radius 3 is 2.59 bits per heavy atom. The Labute approximate surface area is 107 Å². The van der Waals surface area contributed by atoms with Crippen molar-refractivity contribution in [1.29, 1.82) is 0 Å². The van der Waals surface area contributed by atoms with E-state index in [1.165, 1.54) is 0 Å². The molecule has 0 radical (unpaired) electrons. The lowest BCUT2D eigenvalue weighted by Crippen LogP contribution is -2.27. The Balaban J connectivity index is 0. The van der Waals surface area contributed by atoms with Gasteiger partial charge in [-0.2, -0.15) is 0 Å². The van der Waals surface area contributed by atoms with Gasteiger partial charge in [0, 0.05) is 21.0 Å². The molecule has 0 atom stereocenters. The van der Waals surface area contributed by atoms with Crippen LogP contribution in [0.2, 0.25) is 0 Å². The van der Waals surface area contributed by atoms with Crippen molar-refractivity contribution in [1.82, 2.24) is 5.32 Å². The Morgan fingerprint density at radius 2 is 1.94 bits per heavy atom. The number of carbonyl (C=O) groups excluding carboxylic acids is 1. The zero-order valence-corrected chi connectivity index (χ0v) is 11.5. The maximum Gasteiger partial charge on any atom is 0.220 e. The third kappa shape index (κ3) is 13.3. The molecule has 1 N–H and O–H groups in total. The first-order valence-corrected chi connectivity index (χ1v) is 6.59. The Kier molecular flexibility index (Phi) is 11.4. The average molecular weight is 247 g/mol. The number of hydrogen-bond donors (Lipinski definition) is 1. The lowest BCUT2D eigenvalue weighted by molar-refractivity contribution is -0.121. The van der Waals surface area contributed by atoms with Crippen LogP contribution in [0.1, 0.15) is 41.5 Å². The summed E-state index contributed by atoms with van der Waals surface area (Å²) in [5.74, 6) is 0.680. The fourth-order valence-electron chi connectivity index (χ4n) is 1.23. The summed E-state index contributed by atoms with van der Waals surface area (Å²) in [5, 5.41) is 2.82. The van der Waals surface area contributed by atoms with E-state index in [-0.39, 0.29) is 7.33 Å². The van der Waals surface area contributed by atoms with Crippen molar-refractivity contribution in [2.75, 3.05) is 33.0 Å². The van der Waals surface area contributed by atoms with Crippen LogP contribution in [0.3, 0.4) is 0 Å². The molecule has 0 unspecified atom stereocenters. The van der Waals surface area contributed by atoms with E-state index >= 15 is 0 Å². The molecule has 0 aromatic rings. The van der Waals surface area contributed by atoms with E-state index in [0.29, 0.717) is 38.7 Å². The van der Waals surface area contributed by atoms with Crippen molar-refractivity contribution in [3.05, 3.63) is 0 Å². The second-order valence-corrected chi connectivity index (χ2v) is 4.53. The molecule has 0 saturated carbocycles. The van der Waals surface area contributed by atoms with Crippen LogP contribution >= 0.6 is 0 Å². The van der Waals surface area contributed by atoms with Crippen molar-refractivity contribution in [3.63, 3.8) is 0 Å². The molecule has 0 aromatic heterocycles. The molecule has 0 fully saturated rings. The molecule has 4 heteroatoms. The van der Waals surface area contributed by atoms with Gasteiger partial charge in [-0.3, -0.25) is 4.79 Å². The van der Waals surface area contributed by atoms with Gasteiger partial charge in [0.15, 0.2) is 0 Å². The van der Waals surface area contributed by atoms with E-state index in [4.69, 9.17) is 9.47 Å². The summed E-state index contributed by atoms with van der Waals surface area (Å²) in [7, 11) is 0. The normalized spacial score (nSPS) is 10.8. The van der Waals surface area contributed by atoms with Gasteiger partial charge in [-0.1, -0.05) is 27.2 Å². The third-order valence-corrected chi connectivity index (χ3v) is 2.15. The van der Waals surface area contributed by atoms with Gasteiger partial charge < -0.3 is 14.8 Å². The maximum atomic E-state index is 11.2. The zero-order valence-electron chi connectivity index (χ0n) is 11.5. The van der Waals surface area contributed by atoms with Crippen LogP contribution in [0.5, 0.6) is 0 Å². The molecule has 0 spiro atoms. The number of unbranched alkanes of at least 4 members (excludes halogenated alkanes) is 1. The standard InChI is InChI=1S/C13H27NO3.H2/c1-4-5-6-13(15)14-7-8-16-9-10-17-11-12(2)3;/h12H,4-11H2,1-3H3,(H,14,15);1H. The number of ether oxygens (including phenoxy) is 2. The molecule has 104 valence electrons. The Morgan fingerprint density at radius 1 is 1.24 bits per heavy atom. The summed E-state index contributed by atoms with van der Waals surface area (Å²) in [4.78, 5) is 11.2. The van der Waals surface area contributed by atoms with Gasteiger partial charge in [0.2, 0.25) is 5.91 Å². The number of nitrogens with one attached hydrogen (secondary N) is 1. The van der Waals surface area contributed by atoms with Crippen LogP contribution in [0.15, 0.2) is 0 Å². The molecular formula is C13H29NO3. The predicted molar refractivity (Wildman–Crippen MR) is 71.1 cm³/mol. The fraction of sp³-hybridized carbons (Fsp3) is 0.923. The highest BCUT2D eigenvalue weighted by Crippen LogP contribution is 1.93. The molecule has 1 amide bonds. The number of rotatable bonds is 11. The predicted octanol–water partition coefficient (Wildman–Crippen LogP) is 2.23. The molecule has 0 aliphatic rings. The van der Waals surface area contributed by atoms with Gasteiger partial charge in [0.1, 0.15) is 0 Å². The minimum atomic E-state index is 0. The molecule has 0 bridgehead atoms. The van der Waals surface area contributed by atoms with Gasteiger partial charge in [-0.05, 0) is 12.3 Å². The maximum absolute atomic E-state index is 11.2. The highest BCUT2D eigenvalue weighted by Gasteiger charge is 1.98. The lowest BCUT2D eigenvalue weighted by Gasteiger charge is -2.08. The van der Waals surface area contributed by atoms with Crippen LogP contribution in [0.4, 0.5) is 0 Å². The average Bonchev–Trinajstić information content (AvgIpc) is 2.29. The van der Waals surface area contributed by atoms with Crippen LogP contribution in [0.25, 0.3) is 0 Å². The van der Waals surface area contributed by atoms with E-state index < -0.39 is 0 Å². The SMILES string of the molecule is CCCCC(=O)NCCOCCOCC(C)C.[HH]. The third-order valence-electron chi connectivity index (χ3n) is 2.15. The van der Waals surface area contributed by atoms with Crippen LogP contribution in [-0.4, -0.2) is 38.9 Å². The molecule has 0 aromatic carbocycles. The van der Waals surface area contributed by atoms with Crippen LogP contribution < -0.4 is 5.32 Å². The van der Waals surface area contributed by atoms with E-state index in [9.17, 15) is 4.79 Å². The number of hydrogen-bond acceptors (Lipinski definition) is 3. The first kappa shape index (κ1) is 16.4.